The number of hydrogen-bond donors (Lipinski definition) is 3. The number of piperidine rings is 1. The van der Waals surface area contributed by atoms with Crippen molar-refractivity contribution in [3.8, 4) is 11.3 Å². The Morgan fingerprint density at radius 1 is 1.05 bits per heavy atom. The van der Waals surface area contributed by atoms with Gasteiger partial charge in [-0.25, -0.2) is 14.4 Å². The van der Waals surface area contributed by atoms with E-state index in [9.17, 15) is 14.3 Å². The van der Waals surface area contributed by atoms with Crippen molar-refractivity contribution in [3.63, 3.8) is 0 Å². The third-order valence-corrected chi connectivity index (χ3v) is 8.36. The number of anilines is 3. The average molecular weight is 542 g/mol. The molecule has 0 saturated carbocycles. The van der Waals surface area contributed by atoms with Crippen molar-refractivity contribution in [1.82, 2.24) is 24.6 Å². The number of imidazole rings is 1. The molecule has 9 nitrogen and oxygen atoms in total. The van der Waals surface area contributed by atoms with Crippen LogP contribution in [0.4, 0.5) is 21.6 Å². The Bertz CT molecular complexity index is 1580. The Morgan fingerprint density at radius 2 is 1.93 bits per heavy atom. The first-order valence-corrected chi connectivity index (χ1v) is 14.0. The summed E-state index contributed by atoms with van der Waals surface area (Å²) < 4.78 is 15.5. The van der Waals surface area contributed by atoms with Crippen molar-refractivity contribution >= 4 is 28.7 Å². The number of nitrogens with one attached hydrogen (secondary N) is 2. The lowest BCUT2D eigenvalue weighted by Crippen LogP contribution is -2.54. The number of carbonyl (C=O) groups is 1. The summed E-state index contributed by atoms with van der Waals surface area (Å²) in [5.41, 5.74) is 4.56. The number of rotatable bonds is 6. The van der Waals surface area contributed by atoms with E-state index in [4.69, 9.17) is 0 Å². The van der Waals surface area contributed by atoms with E-state index >= 15 is 0 Å². The van der Waals surface area contributed by atoms with Gasteiger partial charge in [0.15, 0.2) is 0 Å². The molecule has 3 aromatic heterocycles. The Balaban J connectivity index is 1.11. The molecule has 1 amide bonds. The number of halogens is 1. The minimum atomic E-state index is -0.704. The topological polar surface area (TPSA) is 98.0 Å². The van der Waals surface area contributed by atoms with Crippen LogP contribution < -0.4 is 15.5 Å². The number of benzene rings is 1. The molecular formula is C30H32FN7O2. The van der Waals surface area contributed by atoms with Crippen LogP contribution in [-0.4, -0.2) is 68.6 Å². The van der Waals surface area contributed by atoms with Gasteiger partial charge in [0.1, 0.15) is 17.3 Å². The highest BCUT2D eigenvalue weighted by molar-refractivity contribution is 6.06. The van der Waals surface area contributed by atoms with Gasteiger partial charge in [-0.3, -0.25) is 9.20 Å². The Hall–Kier alpha value is -4.02. The van der Waals surface area contributed by atoms with Crippen LogP contribution in [0.5, 0.6) is 0 Å². The molecule has 10 heteroatoms. The van der Waals surface area contributed by atoms with Crippen LogP contribution in [0.25, 0.3) is 16.9 Å². The van der Waals surface area contributed by atoms with Gasteiger partial charge in [-0.15, -0.1) is 0 Å². The number of fused-ring (bicyclic) bond motifs is 2. The van der Waals surface area contributed by atoms with Gasteiger partial charge in [0.2, 0.25) is 0 Å². The number of β-amino-alcohol motifs (C(OH)–C–C–N with tert-alkyl or cyclic N) is 1. The van der Waals surface area contributed by atoms with Crippen molar-refractivity contribution in [2.75, 3.05) is 42.9 Å². The van der Waals surface area contributed by atoms with Gasteiger partial charge in [0.05, 0.1) is 40.6 Å². The average Bonchev–Trinajstić information content (AvgIpc) is 3.70. The Morgan fingerprint density at radius 3 is 2.75 bits per heavy atom. The molecule has 4 aromatic rings. The number of hydrogen-bond acceptors (Lipinski definition) is 7. The molecule has 7 rings (SSSR count). The molecule has 2 saturated heterocycles. The summed E-state index contributed by atoms with van der Waals surface area (Å²) in [4.78, 5) is 26.5. The maximum absolute atomic E-state index is 13.7. The van der Waals surface area contributed by atoms with E-state index in [1.165, 1.54) is 25.0 Å². The van der Waals surface area contributed by atoms with Crippen LogP contribution in [-0.2, 0) is 6.54 Å². The van der Waals surface area contributed by atoms with Gasteiger partial charge in [0, 0.05) is 44.0 Å². The summed E-state index contributed by atoms with van der Waals surface area (Å²) in [7, 11) is 0. The molecule has 40 heavy (non-hydrogen) atoms. The van der Waals surface area contributed by atoms with Gasteiger partial charge in [0.25, 0.3) is 5.91 Å². The molecule has 0 spiro atoms. The smallest absolute Gasteiger partial charge is 0.254 e. The van der Waals surface area contributed by atoms with E-state index in [0.29, 0.717) is 35.8 Å². The minimum Gasteiger partial charge on any atom is -0.387 e. The minimum absolute atomic E-state index is 0.151. The SMILES string of the molecule is O=C1NCc2c(-c3cnc4cc(F)ccn34)ccc(Nc3ccc(N4CCCC(O)(CN5CCCC5)C4)cn3)c21. The zero-order valence-corrected chi connectivity index (χ0v) is 22.2. The lowest BCUT2D eigenvalue weighted by atomic mass is 9.92. The number of aromatic nitrogens is 3. The van der Waals surface area contributed by atoms with Gasteiger partial charge in [-0.1, -0.05) is 6.07 Å². The summed E-state index contributed by atoms with van der Waals surface area (Å²) in [6.07, 6.45) is 9.38. The fourth-order valence-corrected chi connectivity index (χ4v) is 6.45. The summed E-state index contributed by atoms with van der Waals surface area (Å²) in [6, 6.07) is 10.5. The van der Waals surface area contributed by atoms with Gasteiger partial charge < -0.3 is 25.5 Å². The van der Waals surface area contributed by atoms with Crippen LogP contribution in [0, 0.1) is 5.82 Å². The second-order valence-electron chi connectivity index (χ2n) is 11.2. The maximum atomic E-state index is 13.7. The van der Waals surface area contributed by atoms with E-state index in [2.05, 4.69) is 30.4 Å². The first-order valence-electron chi connectivity index (χ1n) is 14.0. The first-order chi connectivity index (χ1) is 19.5. The number of aliphatic hydroxyl groups is 1. The number of pyridine rings is 2. The van der Waals surface area contributed by atoms with Crippen LogP contribution >= 0.6 is 0 Å². The van der Waals surface area contributed by atoms with E-state index in [1.807, 2.05) is 34.9 Å². The monoisotopic (exact) mass is 541 g/mol. The molecule has 1 atom stereocenters. The summed E-state index contributed by atoms with van der Waals surface area (Å²) in [6.45, 7) is 4.77. The summed E-state index contributed by atoms with van der Waals surface area (Å²) in [5.74, 6) is 0.136. The molecule has 1 unspecified atom stereocenters. The highest BCUT2D eigenvalue weighted by Gasteiger charge is 2.36. The van der Waals surface area contributed by atoms with Gasteiger partial charge >= 0.3 is 0 Å². The quantitative estimate of drug-likeness (QED) is 0.340. The third kappa shape index (κ3) is 4.56. The molecule has 3 aliphatic rings. The molecule has 3 N–H and O–H groups in total. The predicted octanol–water partition coefficient (Wildman–Crippen LogP) is 3.95. The van der Waals surface area contributed by atoms with Crippen molar-refractivity contribution in [3.05, 3.63) is 71.9 Å². The fourth-order valence-electron chi connectivity index (χ4n) is 6.45. The first kappa shape index (κ1) is 25.0. The zero-order valence-electron chi connectivity index (χ0n) is 22.2. The summed E-state index contributed by atoms with van der Waals surface area (Å²) in [5, 5.41) is 17.6. The van der Waals surface area contributed by atoms with Gasteiger partial charge in [-0.05, 0) is 68.6 Å². The van der Waals surface area contributed by atoms with Crippen molar-refractivity contribution in [2.24, 2.45) is 0 Å². The van der Waals surface area contributed by atoms with E-state index in [0.717, 1.165) is 61.5 Å². The van der Waals surface area contributed by atoms with Crippen molar-refractivity contribution in [1.29, 1.82) is 0 Å². The Labute approximate surface area is 231 Å². The second-order valence-corrected chi connectivity index (χ2v) is 11.2. The Kier molecular flexibility index (Phi) is 6.16. The molecule has 3 aliphatic heterocycles. The van der Waals surface area contributed by atoms with Crippen LogP contribution in [0.15, 0.2) is 55.0 Å². The van der Waals surface area contributed by atoms with Crippen LogP contribution in [0.2, 0.25) is 0 Å². The lowest BCUT2D eigenvalue weighted by Gasteiger charge is -2.42. The predicted molar refractivity (Wildman–Crippen MR) is 151 cm³/mol. The molecule has 206 valence electrons. The van der Waals surface area contributed by atoms with E-state index < -0.39 is 5.60 Å². The molecular weight excluding hydrogens is 509 g/mol. The fraction of sp³-hybridized carbons (Fsp3) is 0.367. The number of amides is 1. The highest BCUT2D eigenvalue weighted by Crippen LogP contribution is 2.36. The van der Waals surface area contributed by atoms with E-state index in [-0.39, 0.29) is 11.7 Å². The number of carbonyl (C=O) groups excluding carboxylic acids is 1. The zero-order chi connectivity index (χ0) is 27.3. The van der Waals surface area contributed by atoms with Crippen LogP contribution in [0.1, 0.15) is 41.6 Å². The molecule has 2 fully saturated rings. The highest BCUT2D eigenvalue weighted by atomic mass is 19.1. The van der Waals surface area contributed by atoms with Crippen molar-refractivity contribution < 1.29 is 14.3 Å². The molecule has 0 radical (unpaired) electrons. The normalized spacial score (nSPS) is 21.1. The van der Waals surface area contributed by atoms with Crippen LogP contribution in [0.3, 0.4) is 0 Å². The van der Waals surface area contributed by atoms with Crippen molar-refractivity contribution in [2.45, 2.75) is 37.8 Å². The number of likely N-dealkylation sites (tertiary alicyclic amines) is 1. The number of nitrogens with zero attached hydrogens (tertiary/aromatic N) is 5. The largest absolute Gasteiger partial charge is 0.387 e. The molecule has 0 bridgehead atoms. The maximum Gasteiger partial charge on any atom is 0.254 e. The molecule has 1 aromatic carbocycles. The van der Waals surface area contributed by atoms with E-state index in [1.54, 1.807) is 12.4 Å². The summed E-state index contributed by atoms with van der Waals surface area (Å²) >= 11 is 0. The second kappa shape index (κ2) is 9.87. The standard InChI is InChI=1S/C30H32FN7O2/c31-20-8-13-38-25(17-33-27(38)14-20)22-5-6-24(28-23(22)16-34-29(28)39)35-26-7-4-21(15-32-26)37-12-3-9-30(40,19-37)18-36-10-1-2-11-36/h4-8,13-15,17,40H,1-3,9-12,16,18-19H2,(H,32,35)(H,34,39). The molecule has 6 heterocycles. The van der Waals surface area contributed by atoms with Gasteiger partial charge in [-0.2, -0.15) is 0 Å². The lowest BCUT2D eigenvalue weighted by molar-refractivity contribution is -0.00222. The molecule has 0 aliphatic carbocycles. The third-order valence-electron chi connectivity index (χ3n) is 8.36.